The minimum absolute atomic E-state index is 0. The Morgan fingerprint density at radius 3 is 2.50 bits per heavy atom. The van der Waals surface area contributed by atoms with Gasteiger partial charge < -0.3 is 16.3 Å². The Morgan fingerprint density at radius 1 is 1.50 bits per heavy atom. The van der Waals surface area contributed by atoms with E-state index in [0.29, 0.717) is 10.7 Å². The van der Waals surface area contributed by atoms with Crippen LogP contribution >= 0.6 is 12.6 Å². The van der Waals surface area contributed by atoms with E-state index in [4.69, 9.17) is 10.8 Å². The summed E-state index contributed by atoms with van der Waals surface area (Å²) >= 11 is 3.87. The zero-order chi connectivity index (χ0) is 6.85. The number of thiol groups is 1. The first-order valence-corrected chi connectivity index (χ1v) is 2.79. The Balaban J connectivity index is 0.000000810. The molecular formula is C5H8N2O2S. The van der Waals surface area contributed by atoms with Crippen molar-refractivity contribution in [2.75, 3.05) is 5.73 Å². The van der Waals surface area contributed by atoms with Crippen molar-refractivity contribution in [3.8, 4) is 5.88 Å². The van der Waals surface area contributed by atoms with Crippen LogP contribution in [0.4, 0.5) is 5.69 Å². The summed E-state index contributed by atoms with van der Waals surface area (Å²) in [6.07, 6.45) is 0. The van der Waals surface area contributed by atoms with E-state index in [1.54, 1.807) is 6.07 Å². The van der Waals surface area contributed by atoms with Crippen molar-refractivity contribution in [2.24, 2.45) is 0 Å². The first-order chi connectivity index (χ1) is 4.18. The highest BCUT2D eigenvalue weighted by Crippen LogP contribution is 2.14. The van der Waals surface area contributed by atoms with Gasteiger partial charge in [-0.1, -0.05) is 0 Å². The lowest BCUT2D eigenvalue weighted by Crippen LogP contribution is -1.85. The Bertz CT molecular complexity index is 178. The van der Waals surface area contributed by atoms with Gasteiger partial charge >= 0.3 is 0 Å². The number of nitrogens with zero attached hydrogens (tertiary/aromatic N) is 1. The minimum atomic E-state index is -0.0972. The molecular weight excluding hydrogens is 152 g/mol. The highest BCUT2D eigenvalue weighted by atomic mass is 32.1. The largest absolute Gasteiger partial charge is 0.493 e. The van der Waals surface area contributed by atoms with Crippen molar-refractivity contribution in [2.45, 2.75) is 5.03 Å². The number of nitrogen functional groups attached to an aromatic ring is 1. The van der Waals surface area contributed by atoms with Crippen LogP contribution < -0.4 is 5.73 Å². The number of rotatable bonds is 0. The molecule has 5 N–H and O–H groups in total. The third-order valence-corrected chi connectivity index (χ3v) is 1.05. The van der Waals surface area contributed by atoms with Crippen molar-refractivity contribution >= 4 is 18.3 Å². The summed E-state index contributed by atoms with van der Waals surface area (Å²) < 4.78 is 0. The lowest BCUT2D eigenvalue weighted by molar-refractivity contribution is 0.449. The Kier molecular flexibility index (Phi) is 2.98. The molecule has 1 aromatic rings. The van der Waals surface area contributed by atoms with E-state index in [9.17, 15) is 0 Å². The van der Waals surface area contributed by atoms with Gasteiger partial charge in [0.1, 0.15) is 0 Å². The van der Waals surface area contributed by atoms with Crippen LogP contribution in [0.25, 0.3) is 0 Å². The molecule has 0 aromatic carbocycles. The number of hydrogen-bond acceptors (Lipinski definition) is 4. The molecule has 0 spiro atoms. The van der Waals surface area contributed by atoms with E-state index in [1.165, 1.54) is 6.07 Å². The zero-order valence-electron chi connectivity index (χ0n) is 5.07. The van der Waals surface area contributed by atoms with E-state index < -0.39 is 0 Å². The van der Waals surface area contributed by atoms with Crippen molar-refractivity contribution in [1.82, 2.24) is 4.98 Å². The number of pyridine rings is 1. The molecule has 0 amide bonds. The molecule has 0 fully saturated rings. The number of aromatic hydroxyl groups is 1. The molecule has 0 aliphatic carbocycles. The highest BCUT2D eigenvalue weighted by Gasteiger charge is 1.92. The molecule has 1 heterocycles. The van der Waals surface area contributed by atoms with Crippen molar-refractivity contribution in [1.29, 1.82) is 0 Å². The molecule has 10 heavy (non-hydrogen) atoms. The lowest BCUT2D eigenvalue weighted by atomic mass is 10.4. The van der Waals surface area contributed by atoms with Gasteiger partial charge in [-0.2, -0.15) is 0 Å². The van der Waals surface area contributed by atoms with Gasteiger partial charge in [0.25, 0.3) is 0 Å². The fourth-order valence-electron chi connectivity index (χ4n) is 0.522. The molecule has 1 aromatic heterocycles. The number of anilines is 1. The Morgan fingerprint density at radius 2 is 2.10 bits per heavy atom. The fraction of sp³-hybridized carbons (Fsp3) is 0. The van der Waals surface area contributed by atoms with E-state index in [2.05, 4.69) is 17.6 Å². The molecule has 56 valence electrons. The average Bonchev–Trinajstić information content (AvgIpc) is 1.59. The topological polar surface area (TPSA) is 90.6 Å². The summed E-state index contributed by atoms with van der Waals surface area (Å²) in [4.78, 5) is 3.57. The molecule has 0 saturated heterocycles. The Hall–Kier alpha value is -0.940. The van der Waals surface area contributed by atoms with Gasteiger partial charge in [-0.25, -0.2) is 4.98 Å². The predicted octanol–water partition coefficient (Wildman–Crippen LogP) is -0.167. The third-order valence-electron chi connectivity index (χ3n) is 0.821. The molecule has 0 unspecified atom stereocenters. The minimum Gasteiger partial charge on any atom is -0.493 e. The summed E-state index contributed by atoms with van der Waals surface area (Å²) in [7, 11) is 0. The molecule has 0 bridgehead atoms. The van der Waals surface area contributed by atoms with Gasteiger partial charge in [0.2, 0.25) is 5.88 Å². The standard InChI is InChI=1S/C5H6N2OS.H2O/c6-3-1-4(8)7-5(9)2-3;/h1-2H,(H4,6,7,8,9);1H2. The first kappa shape index (κ1) is 9.06. The van der Waals surface area contributed by atoms with Crippen molar-refractivity contribution in [3.63, 3.8) is 0 Å². The van der Waals surface area contributed by atoms with Crippen LogP contribution in [0.5, 0.6) is 5.88 Å². The van der Waals surface area contributed by atoms with Gasteiger partial charge in [0.05, 0.1) is 5.03 Å². The Labute approximate surface area is 63.4 Å². The van der Waals surface area contributed by atoms with Crippen LogP contribution in [0.3, 0.4) is 0 Å². The smallest absolute Gasteiger partial charge is 0.213 e. The third kappa shape index (κ3) is 2.12. The number of aromatic nitrogens is 1. The quantitative estimate of drug-likeness (QED) is 0.460. The maximum atomic E-state index is 8.75. The van der Waals surface area contributed by atoms with Crippen LogP contribution in [-0.4, -0.2) is 15.6 Å². The average molecular weight is 160 g/mol. The molecule has 0 atom stereocenters. The molecule has 0 aliphatic rings. The molecule has 0 saturated carbocycles. The SMILES string of the molecule is Nc1cc(O)nc(S)c1.O. The summed E-state index contributed by atoms with van der Waals surface area (Å²) in [6, 6.07) is 2.92. The normalized spacial score (nSPS) is 8.50. The number of nitrogens with two attached hydrogens (primary N) is 1. The van der Waals surface area contributed by atoms with Crippen molar-refractivity contribution < 1.29 is 10.6 Å². The summed E-state index contributed by atoms with van der Waals surface area (Å²) in [6.45, 7) is 0. The summed E-state index contributed by atoms with van der Waals surface area (Å²) in [5.74, 6) is -0.0972. The summed E-state index contributed by atoms with van der Waals surface area (Å²) in [5.41, 5.74) is 5.78. The lowest BCUT2D eigenvalue weighted by Gasteiger charge is -1.94. The van der Waals surface area contributed by atoms with Crippen LogP contribution in [-0.2, 0) is 0 Å². The van der Waals surface area contributed by atoms with Crippen LogP contribution in [0.1, 0.15) is 0 Å². The van der Waals surface area contributed by atoms with Crippen molar-refractivity contribution in [3.05, 3.63) is 12.1 Å². The van der Waals surface area contributed by atoms with Gasteiger partial charge in [0.15, 0.2) is 0 Å². The van der Waals surface area contributed by atoms with E-state index >= 15 is 0 Å². The van der Waals surface area contributed by atoms with Gasteiger partial charge in [-0.05, 0) is 6.07 Å². The van der Waals surface area contributed by atoms with Crippen LogP contribution in [0.15, 0.2) is 17.2 Å². The van der Waals surface area contributed by atoms with E-state index in [-0.39, 0.29) is 11.4 Å². The summed E-state index contributed by atoms with van der Waals surface area (Å²) in [5, 5.41) is 9.18. The predicted molar refractivity (Wildman–Crippen MR) is 41.2 cm³/mol. The second kappa shape index (κ2) is 3.28. The monoisotopic (exact) mass is 160 g/mol. The molecule has 5 heteroatoms. The first-order valence-electron chi connectivity index (χ1n) is 2.34. The van der Waals surface area contributed by atoms with E-state index in [1.807, 2.05) is 0 Å². The zero-order valence-corrected chi connectivity index (χ0v) is 5.97. The molecule has 0 radical (unpaired) electrons. The second-order valence-corrected chi connectivity index (χ2v) is 2.08. The maximum Gasteiger partial charge on any atom is 0.213 e. The fourth-order valence-corrected chi connectivity index (χ4v) is 0.773. The number of hydrogen-bond donors (Lipinski definition) is 3. The maximum absolute atomic E-state index is 8.75. The second-order valence-electron chi connectivity index (χ2n) is 1.62. The molecule has 0 aliphatic heterocycles. The van der Waals surface area contributed by atoms with Gasteiger partial charge in [0, 0.05) is 11.8 Å². The van der Waals surface area contributed by atoms with E-state index in [0.717, 1.165) is 0 Å². The molecule has 1 rings (SSSR count). The van der Waals surface area contributed by atoms with Gasteiger partial charge in [-0.15, -0.1) is 12.6 Å². The highest BCUT2D eigenvalue weighted by molar-refractivity contribution is 7.80. The molecule has 4 nitrogen and oxygen atoms in total. The van der Waals surface area contributed by atoms with Crippen LogP contribution in [0.2, 0.25) is 0 Å². The van der Waals surface area contributed by atoms with Crippen LogP contribution in [0, 0.1) is 0 Å². The van der Waals surface area contributed by atoms with Gasteiger partial charge in [-0.3, -0.25) is 0 Å².